The van der Waals surface area contributed by atoms with Gasteiger partial charge in [0.15, 0.2) is 5.16 Å². The molecule has 2 N–H and O–H groups in total. The van der Waals surface area contributed by atoms with Crippen LogP contribution in [0.1, 0.15) is 24.6 Å². The van der Waals surface area contributed by atoms with Gasteiger partial charge < -0.3 is 10.1 Å². The van der Waals surface area contributed by atoms with Crippen LogP contribution in [0.15, 0.2) is 9.95 Å². The number of aryl methyl sites for hydroxylation is 1. The summed E-state index contributed by atoms with van der Waals surface area (Å²) in [5.41, 5.74) is 1.17. The number of H-pyrrole nitrogens is 1. The van der Waals surface area contributed by atoms with E-state index in [1.54, 1.807) is 18.7 Å². The fraction of sp³-hybridized carbons (Fsp3) is 0.600. The average molecular weight is 228 g/mol. The van der Waals surface area contributed by atoms with E-state index in [-0.39, 0.29) is 12.2 Å². The van der Waals surface area contributed by atoms with Crippen LogP contribution in [0.2, 0.25) is 0 Å². The lowest BCUT2D eigenvalue weighted by atomic mass is 10.2. The molecular weight excluding hydrogens is 212 g/mol. The van der Waals surface area contributed by atoms with Crippen LogP contribution < -0.4 is 5.56 Å². The van der Waals surface area contributed by atoms with Crippen molar-refractivity contribution in [3.63, 3.8) is 0 Å². The normalized spacial score (nSPS) is 10.6. The Labute approximate surface area is 93.1 Å². The van der Waals surface area contributed by atoms with Gasteiger partial charge in [-0.1, -0.05) is 18.7 Å². The highest BCUT2D eigenvalue weighted by Crippen LogP contribution is 2.13. The molecule has 0 aliphatic carbocycles. The molecule has 1 rings (SSSR count). The first-order chi connectivity index (χ1) is 7.19. The zero-order valence-corrected chi connectivity index (χ0v) is 9.86. The fourth-order valence-electron chi connectivity index (χ4n) is 1.26. The molecule has 84 valence electrons. The van der Waals surface area contributed by atoms with Gasteiger partial charge in [-0.05, 0) is 13.3 Å². The monoisotopic (exact) mass is 228 g/mol. The second-order valence-electron chi connectivity index (χ2n) is 3.26. The fourth-order valence-corrected chi connectivity index (χ4v) is 2.02. The van der Waals surface area contributed by atoms with E-state index < -0.39 is 0 Å². The molecule has 0 saturated heterocycles. The summed E-state index contributed by atoms with van der Waals surface area (Å²) in [7, 11) is 0. The number of thioether (sulfide) groups is 1. The minimum Gasteiger partial charge on any atom is -0.396 e. The van der Waals surface area contributed by atoms with E-state index in [9.17, 15) is 4.79 Å². The lowest BCUT2D eigenvalue weighted by Gasteiger charge is -2.04. The summed E-state index contributed by atoms with van der Waals surface area (Å²) >= 11 is 1.55. The SMILES string of the molecule is CCCSc1nc(C)c(CCO)c(=O)[nH]1. The van der Waals surface area contributed by atoms with Crippen LogP contribution in [0.25, 0.3) is 0 Å². The first-order valence-electron chi connectivity index (χ1n) is 5.02. The molecule has 0 spiro atoms. The van der Waals surface area contributed by atoms with Gasteiger partial charge in [0.2, 0.25) is 0 Å². The molecule has 0 unspecified atom stereocenters. The van der Waals surface area contributed by atoms with E-state index >= 15 is 0 Å². The van der Waals surface area contributed by atoms with Crippen molar-refractivity contribution < 1.29 is 5.11 Å². The zero-order chi connectivity index (χ0) is 11.3. The summed E-state index contributed by atoms with van der Waals surface area (Å²) in [6.07, 6.45) is 1.42. The van der Waals surface area contributed by atoms with Crippen LogP contribution in [0.5, 0.6) is 0 Å². The van der Waals surface area contributed by atoms with E-state index in [0.717, 1.165) is 12.2 Å². The molecule has 0 amide bonds. The van der Waals surface area contributed by atoms with Gasteiger partial charge in [-0.3, -0.25) is 4.79 Å². The maximum atomic E-state index is 11.6. The van der Waals surface area contributed by atoms with Crippen LogP contribution in [-0.4, -0.2) is 27.4 Å². The Balaban J connectivity index is 2.92. The summed E-state index contributed by atoms with van der Waals surface area (Å²) in [4.78, 5) is 18.6. The van der Waals surface area contributed by atoms with Crippen molar-refractivity contribution >= 4 is 11.8 Å². The highest BCUT2D eigenvalue weighted by Gasteiger charge is 2.07. The van der Waals surface area contributed by atoms with Crippen molar-refractivity contribution in [3.05, 3.63) is 21.6 Å². The van der Waals surface area contributed by atoms with Crippen LogP contribution in [0.3, 0.4) is 0 Å². The second kappa shape index (κ2) is 5.92. The number of rotatable bonds is 5. The van der Waals surface area contributed by atoms with E-state index in [1.165, 1.54) is 0 Å². The predicted octanol–water partition coefficient (Wildman–Crippen LogP) is 1.12. The van der Waals surface area contributed by atoms with Crippen molar-refractivity contribution in [2.24, 2.45) is 0 Å². The molecule has 4 nitrogen and oxygen atoms in total. The molecule has 15 heavy (non-hydrogen) atoms. The Hall–Kier alpha value is -0.810. The maximum Gasteiger partial charge on any atom is 0.255 e. The molecule has 0 aliphatic heterocycles. The molecule has 0 saturated carbocycles. The molecular formula is C10H16N2O2S. The molecule has 0 aromatic carbocycles. The average Bonchev–Trinajstić information content (AvgIpc) is 2.20. The Bertz CT molecular complexity index is 376. The Kier molecular flexibility index (Phi) is 4.84. The van der Waals surface area contributed by atoms with E-state index in [4.69, 9.17) is 5.11 Å². The van der Waals surface area contributed by atoms with Crippen LogP contribution >= 0.6 is 11.8 Å². The van der Waals surface area contributed by atoms with Gasteiger partial charge >= 0.3 is 0 Å². The van der Waals surface area contributed by atoms with Gasteiger partial charge in [-0.15, -0.1) is 0 Å². The molecule has 5 heteroatoms. The summed E-state index contributed by atoms with van der Waals surface area (Å²) in [5.74, 6) is 0.946. The topological polar surface area (TPSA) is 66.0 Å². The van der Waals surface area contributed by atoms with Crippen molar-refractivity contribution in [1.29, 1.82) is 0 Å². The maximum absolute atomic E-state index is 11.6. The summed E-state index contributed by atoms with van der Waals surface area (Å²) < 4.78 is 0. The van der Waals surface area contributed by atoms with E-state index in [1.807, 2.05) is 0 Å². The number of nitrogens with zero attached hydrogens (tertiary/aromatic N) is 1. The molecule has 0 fully saturated rings. The number of aromatic nitrogens is 2. The second-order valence-corrected chi connectivity index (χ2v) is 4.34. The molecule has 0 radical (unpaired) electrons. The minimum atomic E-state index is -0.129. The van der Waals surface area contributed by atoms with E-state index in [0.29, 0.717) is 22.8 Å². The zero-order valence-electron chi connectivity index (χ0n) is 9.04. The highest BCUT2D eigenvalue weighted by molar-refractivity contribution is 7.99. The highest BCUT2D eigenvalue weighted by atomic mass is 32.2. The Morgan fingerprint density at radius 2 is 2.27 bits per heavy atom. The van der Waals surface area contributed by atoms with Gasteiger partial charge in [0.1, 0.15) is 0 Å². The van der Waals surface area contributed by atoms with Crippen molar-refractivity contribution in [2.45, 2.75) is 31.8 Å². The van der Waals surface area contributed by atoms with Crippen molar-refractivity contribution in [2.75, 3.05) is 12.4 Å². The van der Waals surface area contributed by atoms with Crippen LogP contribution in [0, 0.1) is 6.92 Å². The number of aliphatic hydroxyl groups excluding tert-OH is 1. The molecule has 1 heterocycles. The smallest absolute Gasteiger partial charge is 0.255 e. The lowest BCUT2D eigenvalue weighted by molar-refractivity contribution is 0.298. The molecule has 0 bridgehead atoms. The summed E-state index contributed by atoms with van der Waals surface area (Å²) in [5, 5.41) is 9.46. The van der Waals surface area contributed by atoms with Crippen molar-refractivity contribution in [3.8, 4) is 0 Å². The van der Waals surface area contributed by atoms with Gasteiger partial charge in [0, 0.05) is 30.0 Å². The van der Waals surface area contributed by atoms with Gasteiger partial charge in [0.25, 0.3) is 5.56 Å². The van der Waals surface area contributed by atoms with E-state index in [2.05, 4.69) is 16.9 Å². The number of aliphatic hydroxyl groups is 1. The first kappa shape index (κ1) is 12.3. The summed E-state index contributed by atoms with van der Waals surface area (Å²) in [6.45, 7) is 3.86. The molecule has 1 aromatic rings. The number of hydrogen-bond acceptors (Lipinski definition) is 4. The predicted molar refractivity (Wildman–Crippen MR) is 61.4 cm³/mol. The standard InChI is InChI=1S/C10H16N2O2S/c1-3-6-15-10-11-7(2)8(4-5-13)9(14)12-10/h13H,3-6H2,1-2H3,(H,11,12,14). The van der Waals surface area contributed by atoms with Crippen LogP contribution in [-0.2, 0) is 6.42 Å². The molecule has 0 aliphatic rings. The Morgan fingerprint density at radius 3 is 2.80 bits per heavy atom. The van der Waals surface area contributed by atoms with Crippen molar-refractivity contribution in [1.82, 2.24) is 9.97 Å². The molecule has 0 atom stereocenters. The molecule has 1 aromatic heterocycles. The number of nitrogens with one attached hydrogen (secondary N) is 1. The first-order valence-corrected chi connectivity index (χ1v) is 6.01. The number of hydrogen-bond donors (Lipinski definition) is 2. The van der Waals surface area contributed by atoms with Gasteiger partial charge in [-0.25, -0.2) is 4.98 Å². The third-order valence-corrected chi connectivity index (χ3v) is 3.08. The lowest BCUT2D eigenvalue weighted by Crippen LogP contribution is -2.18. The van der Waals surface area contributed by atoms with Gasteiger partial charge in [0.05, 0.1) is 0 Å². The van der Waals surface area contributed by atoms with Crippen LogP contribution in [0.4, 0.5) is 0 Å². The minimum absolute atomic E-state index is 0.0208. The number of aromatic amines is 1. The largest absolute Gasteiger partial charge is 0.396 e. The third kappa shape index (κ3) is 3.35. The quantitative estimate of drug-likeness (QED) is 0.585. The summed E-state index contributed by atoms with van der Waals surface area (Å²) in [6, 6.07) is 0. The third-order valence-electron chi connectivity index (χ3n) is 2.01. The van der Waals surface area contributed by atoms with Gasteiger partial charge in [-0.2, -0.15) is 0 Å². The Morgan fingerprint density at radius 1 is 1.53 bits per heavy atom.